The summed E-state index contributed by atoms with van der Waals surface area (Å²) < 4.78 is 29.8. The molecule has 0 saturated heterocycles. The first-order valence-corrected chi connectivity index (χ1v) is 8.67. The number of nitrogens with zero attached hydrogens (tertiary/aromatic N) is 1. The third kappa shape index (κ3) is 4.13. The molecule has 0 radical (unpaired) electrons. The van der Waals surface area contributed by atoms with Crippen LogP contribution in [-0.4, -0.2) is 39.3 Å². The van der Waals surface area contributed by atoms with Gasteiger partial charge in [0.05, 0.1) is 5.56 Å². The van der Waals surface area contributed by atoms with E-state index in [0.29, 0.717) is 18.0 Å². The van der Waals surface area contributed by atoms with E-state index in [1.807, 2.05) is 18.2 Å². The predicted octanol–water partition coefficient (Wildman–Crippen LogP) is 2.16. The summed E-state index contributed by atoms with van der Waals surface area (Å²) in [6, 6.07) is 8.58. The fourth-order valence-electron chi connectivity index (χ4n) is 1.86. The van der Waals surface area contributed by atoms with Crippen LogP contribution in [0.15, 0.2) is 46.1 Å². The van der Waals surface area contributed by atoms with Crippen molar-refractivity contribution >= 4 is 27.5 Å². The Bertz CT molecular complexity index is 799. The van der Waals surface area contributed by atoms with E-state index in [1.54, 1.807) is 6.07 Å². The van der Waals surface area contributed by atoms with Crippen LogP contribution in [0.4, 0.5) is 0 Å². The summed E-state index contributed by atoms with van der Waals surface area (Å²) in [5, 5.41) is 3.08. The molecule has 0 atom stereocenters. The molecule has 0 saturated carbocycles. The van der Waals surface area contributed by atoms with Crippen LogP contribution >= 0.6 is 11.6 Å². The van der Waals surface area contributed by atoms with Gasteiger partial charge in [-0.25, -0.2) is 12.7 Å². The predicted molar refractivity (Wildman–Crippen MR) is 87.1 cm³/mol. The van der Waals surface area contributed by atoms with Crippen molar-refractivity contribution < 1.29 is 17.6 Å². The lowest BCUT2D eigenvalue weighted by Gasteiger charge is -2.07. The fourth-order valence-corrected chi connectivity index (χ4v) is 2.90. The Balaban J connectivity index is 1.97. The van der Waals surface area contributed by atoms with Crippen LogP contribution < -0.4 is 5.32 Å². The van der Waals surface area contributed by atoms with Gasteiger partial charge in [0.2, 0.25) is 5.09 Å². The van der Waals surface area contributed by atoms with E-state index in [1.165, 1.54) is 20.2 Å². The number of nitrogens with one attached hydrogen (secondary N) is 1. The minimum atomic E-state index is -3.69. The average molecular weight is 357 g/mol. The molecular weight excluding hydrogens is 340 g/mol. The van der Waals surface area contributed by atoms with Crippen LogP contribution in [0.5, 0.6) is 0 Å². The van der Waals surface area contributed by atoms with E-state index in [2.05, 4.69) is 5.32 Å². The molecule has 1 aromatic heterocycles. The number of sulfonamides is 1. The Labute approximate surface area is 140 Å². The van der Waals surface area contributed by atoms with E-state index in [-0.39, 0.29) is 10.7 Å². The van der Waals surface area contributed by atoms with Crippen LogP contribution in [0, 0.1) is 0 Å². The maximum atomic E-state index is 12.0. The van der Waals surface area contributed by atoms with Gasteiger partial charge in [-0.05, 0) is 18.1 Å². The maximum absolute atomic E-state index is 12.0. The monoisotopic (exact) mass is 356 g/mol. The van der Waals surface area contributed by atoms with Crippen molar-refractivity contribution in [3.8, 4) is 0 Å². The quantitative estimate of drug-likeness (QED) is 0.860. The number of benzene rings is 1. The number of hydrogen-bond acceptors (Lipinski definition) is 4. The molecule has 1 N–H and O–H groups in total. The van der Waals surface area contributed by atoms with Crippen LogP contribution in [0.25, 0.3) is 0 Å². The normalized spacial score (nSPS) is 11.7. The smallest absolute Gasteiger partial charge is 0.275 e. The number of hydrogen-bond donors (Lipinski definition) is 1. The first-order chi connectivity index (χ1) is 10.8. The van der Waals surface area contributed by atoms with Crippen molar-refractivity contribution in [2.24, 2.45) is 0 Å². The summed E-state index contributed by atoms with van der Waals surface area (Å²) in [5.74, 6) is -0.402. The van der Waals surface area contributed by atoms with Gasteiger partial charge >= 0.3 is 0 Å². The van der Waals surface area contributed by atoms with Gasteiger partial charge in [-0.3, -0.25) is 4.79 Å². The average Bonchev–Trinajstić information content (AvgIpc) is 2.99. The molecule has 0 aliphatic heterocycles. The zero-order chi connectivity index (χ0) is 17.0. The SMILES string of the molecule is CN(C)S(=O)(=O)c1cc(C(=O)NCCc2ccccc2Cl)co1. The van der Waals surface area contributed by atoms with Crippen LogP contribution in [-0.2, 0) is 16.4 Å². The van der Waals surface area contributed by atoms with Crippen molar-refractivity contribution in [3.63, 3.8) is 0 Å². The Morgan fingerprint density at radius 3 is 2.65 bits per heavy atom. The zero-order valence-corrected chi connectivity index (χ0v) is 14.3. The lowest BCUT2D eigenvalue weighted by molar-refractivity contribution is 0.0953. The molecule has 8 heteroatoms. The first kappa shape index (κ1) is 17.5. The molecule has 1 heterocycles. The summed E-state index contributed by atoms with van der Waals surface area (Å²) in [4.78, 5) is 12.0. The summed E-state index contributed by atoms with van der Waals surface area (Å²) in [6.45, 7) is 0.378. The van der Waals surface area contributed by atoms with Crippen LogP contribution in [0.3, 0.4) is 0 Å². The molecule has 0 aliphatic carbocycles. The fraction of sp³-hybridized carbons (Fsp3) is 0.267. The second kappa shape index (κ2) is 7.16. The molecular formula is C15H17ClN2O4S. The molecule has 124 valence electrons. The number of furan rings is 1. The molecule has 0 unspecified atom stereocenters. The van der Waals surface area contributed by atoms with Crippen LogP contribution in [0.2, 0.25) is 5.02 Å². The molecule has 0 bridgehead atoms. The summed E-state index contributed by atoms with van der Waals surface area (Å²) in [6.07, 6.45) is 1.70. The summed E-state index contributed by atoms with van der Waals surface area (Å²) >= 11 is 6.04. The van der Waals surface area contributed by atoms with E-state index >= 15 is 0 Å². The second-order valence-corrected chi connectivity index (χ2v) is 7.53. The third-order valence-corrected chi connectivity index (χ3v) is 5.26. The topological polar surface area (TPSA) is 79.6 Å². The van der Waals surface area contributed by atoms with E-state index in [9.17, 15) is 13.2 Å². The van der Waals surface area contributed by atoms with Gasteiger partial charge < -0.3 is 9.73 Å². The van der Waals surface area contributed by atoms with E-state index < -0.39 is 15.9 Å². The lowest BCUT2D eigenvalue weighted by atomic mass is 10.1. The number of carbonyl (C=O) groups excluding carboxylic acids is 1. The molecule has 1 aromatic carbocycles. The molecule has 2 aromatic rings. The van der Waals surface area contributed by atoms with Gasteiger partial charge in [0.15, 0.2) is 0 Å². The molecule has 1 amide bonds. The molecule has 23 heavy (non-hydrogen) atoms. The Morgan fingerprint density at radius 1 is 1.30 bits per heavy atom. The number of carbonyl (C=O) groups is 1. The summed E-state index contributed by atoms with van der Waals surface area (Å²) in [5.41, 5.74) is 1.09. The van der Waals surface area contributed by atoms with Crippen molar-refractivity contribution in [3.05, 3.63) is 52.7 Å². The highest BCUT2D eigenvalue weighted by atomic mass is 35.5. The molecule has 2 rings (SSSR count). The summed E-state index contributed by atoms with van der Waals surface area (Å²) in [7, 11) is -0.909. The highest BCUT2D eigenvalue weighted by molar-refractivity contribution is 7.88. The van der Waals surface area contributed by atoms with Gasteiger partial charge in [-0.2, -0.15) is 0 Å². The van der Waals surface area contributed by atoms with Gasteiger partial charge in [0, 0.05) is 31.7 Å². The molecule has 0 aliphatic rings. The Morgan fingerprint density at radius 2 is 2.00 bits per heavy atom. The van der Waals surface area contributed by atoms with Gasteiger partial charge in [0.25, 0.3) is 15.9 Å². The molecule has 0 spiro atoms. The Kier molecular flexibility index (Phi) is 5.46. The number of amides is 1. The van der Waals surface area contributed by atoms with Crippen molar-refractivity contribution in [2.45, 2.75) is 11.5 Å². The zero-order valence-electron chi connectivity index (χ0n) is 12.7. The minimum absolute atomic E-state index is 0.157. The molecule has 6 nitrogen and oxygen atoms in total. The van der Waals surface area contributed by atoms with Crippen molar-refractivity contribution in [1.29, 1.82) is 0 Å². The standard InChI is InChI=1S/C15H17ClN2O4S/c1-18(2)23(20,21)14-9-12(10-22-14)15(19)17-8-7-11-5-3-4-6-13(11)16/h3-6,9-10H,7-8H2,1-2H3,(H,17,19). The number of rotatable bonds is 6. The first-order valence-electron chi connectivity index (χ1n) is 6.85. The molecule has 0 fully saturated rings. The highest BCUT2D eigenvalue weighted by Crippen LogP contribution is 2.17. The second-order valence-electron chi connectivity index (χ2n) is 5.04. The van der Waals surface area contributed by atoms with Crippen molar-refractivity contribution in [2.75, 3.05) is 20.6 Å². The largest absolute Gasteiger partial charge is 0.451 e. The van der Waals surface area contributed by atoms with E-state index in [4.69, 9.17) is 16.0 Å². The Hall–Kier alpha value is -1.83. The number of halogens is 1. The van der Waals surface area contributed by atoms with Crippen LogP contribution in [0.1, 0.15) is 15.9 Å². The minimum Gasteiger partial charge on any atom is -0.451 e. The highest BCUT2D eigenvalue weighted by Gasteiger charge is 2.23. The third-order valence-electron chi connectivity index (χ3n) is 3.21. The maximum Gasteiger partial charge on any atom is 0.275 e. The van der Waals surface area contributed by atoms with Crippen molar-refractivity contribution in [1.82, 2.24) is 9.62 Å². The van der Waals surface area contributed by atoms with Gasteiger partial charge in [-0.15, -0.1) is 0 Å². The van der Waals surface area contributed by atoms with E-state index in [0.717, 1.165) is 16.1 Å². The van der Waals surface area contributed by atoms with Gasteiger partial charge in [-0.1, -0.05) is 29.8 Å². The lowest BCUT2D eigenvalue weighted by Crippen LogP contribution is -2.25. The van der Waals surface area contributed by atoms with Gasteiger partial charge in [0.1, 0.15) is 6.26 Å².